The summed E-state index contributed by atoms with van der Waals surface area (Å²) in [6, 6.07) is 8.64. The van der Waals surface area contributed by atoms with Crippen LogP contribution in [0.1, 0.15) is 17.5 Å². The van der Waals surface area contributed by atoms with Gasteiger partial charge in [-0.05, 0) is 31.5 Å². The summed E-state index contributed by atoms with van der Waals surface area (Å²) < 4.78 is 0. The molecule has 3 nitrogen and oxygen atoms in total. The lowest BCUT2D eigenvalue weighted by Gasteiger charge is -2.14. The summed E-state index contributed by atoms with van der Waals surface area (Å²) in [7, 11) is 0. The van der Waals surface area contributed by atoms with E-state index in [1.54, 1.807) is 0 Å². The molecule has 2 N–H and O–H groups in total. The predicted molar refractivity (Wildman–Crippen MR) is 60.8 cm³/mol. The van der Waals surface area contributed by atoms with Crippen LogP contribution in [0.5, 0.6) is 0 Å². The average molecular weight is 201 g/mol. The molecule has 2 rings (SSSR count). The molecule has 78 valence electrons. The molecule has 0 radical (unpaired) electrons. The third-order valence-electron chi connectivity index (χ3n) is 2.80. The maximum atomic E-state index is 9.07. The topological polar surface area (TPSA) is 47.8 Å². The van der Waals surface area contributed by atoms with E-state index < -0.39 is 0 Å². The van der Waals surface area contributed by atoms with Gasteiger partial charge in [0.05, 0.1) is 11.3 Å². The Morgan fingerprint density at radius 1 is 1.53 bits per heavy atom. The van der Waals surface area contributed by atoms with Crippen LogP contribution in [0.15, 0.2) is 18.2 Å². The van der Waals surface area contributed by atoms with Gasteiger partial charge in [0.2, 0.25) is 0 Å². The summed E-state index contributed by atoms with van der Waals surface area (Å²) in [5, 5.41) is 15.8. The SMILES string of the molecule is Cc1cccc(NC2CCNC2)c1C#N. The molecule has 1 saturated heterocycles. The van der Waals surface area contributed by atoms with Crippen LogP contribution in [0.2, 0.25) is 0 Å². The summed E-state index contributed by atoms with van der Waals surface area (Å²) in [6.45, 7) is 4.01. The molecule has 1 fully saturated rings. The molecule has 1 heterocycles. The van der Waals surface area contributed by atoms with Crippen molar-refractivity contribution in [3.63, 3.8) is 0 Å². The molecule has 0 aliphatic carbocycles. The van der Waals surface area contributed by atoms with Crippen LogP contribution in [0, 0.1) is 18.3 Å². The van der Waals surface area contributed by atoms with E-state index in [4.69, 9.17) is 5.26 Å². The number of hydrogen-bond donors (Lipinski definition) is 2. The summed E-state index contributed by atoms with van der Waals surface area (Å²) >= 11 is 0. The number of hydrogen-bond acceptors (Lipinski definition) is 3. The normalized spacial score (nSPS) is 19.9. The van der Waals surface area contributed by atoms with E-state index in [0.29, 0.717) is 6.04 Å². The van der Waals surface area contributed by atoms with Gasteiger partial charge in [0.25, 0.3) is 0 Å². The van der Waals surface area contributed by atoms with Crippen molar-refractivity contribution in [2.75, 3.05) is 18.4 Å². The van der Waals surface area contributed by atoms with Crippen molar-refractivity contribution in [2.24, 2.45) is 0 Å². The molecular formula is C12H15N3. The fraction of sp³-hybridized carbons (Fsp3) is 0.417. The van der Waals surface area contributed by atoms with Gasteiger partial charge in [-0.2, -0.15) is 5.26 Å². The molecule has 15 heavy (non-hydrogen) atoms. The number of aryl methyl sites for hydroxylation is 1. The van der Waals surface area contributed by atoms with Crippen LogP contribution in [0.4, 0.5) is 5.69 Å². The van der Waals surface area contributed by atoms with Gasteiger partial charge in [-0.25, -0.2) is 0 Å². The molecule has 0 aromatic heterocycles. The van der Waals surface area contributed by atoms with Crippen LogP contribution < -0.4 is 10.6 Å². The number of anilines is 1. The highest BCUT2D eigenvalue weighted by atomic mass is 15.0. The smallest absolute Gasteiger partial charge is 0.102 e. The lowest BCUT2D eigenvalue weighted by Crippen LogP contribution is -2.22. The minimum atomic E-state index is 0.457. The second-order valence-corrected chi connectivity index (χ2v) is 3.94. The number of nitrogens with zero attached hydrogens (tertiary/aromatic N) is 1. The molecule has 1 aliphatic heterocycles. The molecule has 0 spiro atoms. The first-order valence-corrected chi connectivity index (χ1v) is 5.28. The maximum Gasteiger partial charge on any atom is 0.102 e. The van der Waals surface area contributed by atoms with Crippen LogP contribution in [-0.2, 0) is 0 Å². The largest absolute Gasteiger partial charge is 0.380 e. The summed E-state index contributed by atoms with van der Waals surface area (Å²) in [4.78, 5) is 0. The molecular weight excluding hydrogens is 186 g/mol. The Kier molecular flexibility index (Phi) is 2.89. The average Bonchev–Trinajstić information content (AvgIpc) is 2.71. The number of rotatable bonds is 2. The first-order valence-electron chi connectivity index (χ1n) is 5.28. The van der Waals surface area contributed by atoms with E-state index in [0.717, 1.165) is 36.3 Å². The van der Waals surface area contributed by atoms with Crippen LogP contribution >= 0.6 is 0 Å². The van der Waals surface area contributed by atoms with Gasteiger partial charge >= 0.3 is 0 Å². The third kappa shape index (κ3) is 2.11. The lowest BCUT2D eigenvalue weighted by atomic mass is 10.1. The highest BCUT2D eigenvalue weighted by Gasteiger charge is 2.15. The van der Waals surface area contributed by atoms with Crippen LogP contribution in [0.3, 0.4) is 0 Å². The minimum absolute atomic E-state index is 0.457. The molecule has 0 bridgehead atoms. The van der Waals surface area contributed by atoms with E-state index in [9.17, 15) is 0 Å². The summed E-state index contributed by atoms with van der Waals surface area (Å²) in [6.07, 6.45) is 1.12. The Morgan fingerprint density at radius 2 is 2.40 bits per heavy atom. The van der Waals surface area contributed by atoms with E-state index in [2.05, 4.69) is 16.7 Å². The van der Waals surface area contributed by atoms with E-state index in [-0.39, 0.29) is 0 Å². The minimum Gasteiger partial charge on any atom is -0.380 e. The van der Waals surface area contributed by atoms with Crippen molar-refractivity contribution >= 4 is 5.69 Å². The fourth-order valence-corrected chi connectivity index (χ4v) is 1.93. The van der Waals surface area contributed by atoms with Gasteiger partial charge in [-0.15, -0.1) is 0 Å². The monoisotopic (exact) mass is 201 g/mol. The first kappa shape index (κ1) is 10.0. The Labute approximate surface area is 90.1 Å². The second-order valence-electron chi connectivity index (χ2n) is 3.94. The van der Waals surface area contributed by atoms with Gasteiger partial charge in [-0.3, -0.25) is 0 Å². The standard InChI is InChI=1S/C12H15N3/c1-9-3-2-4-12(11(9)7-13)15-10-5-6-14-8-10/h2-4,10,14-15H,5-6,8H2,1H3. The van der Waals surface area contributed by atoms with E-state index in [1.807, 2.05) is 25.1 Å². The molecule has 3 heteroatoms. The Bertz CT molecular complexity index is 386. The van der Waals surface area contributed by atoms with Crippen molar-refractivity contribution in [2.45, 2.75) is 19.4 Å². The first-order chi connectivity index (χ1) is 7.31. The van der Waals surface area contributed by atoms with Gasteiger partial charge in [0.1, 0.15) is 6.07 Å². The van der Waals surface area contributed by atoms with Crippen molar-refractivity contribution in [3.05, 3.63) is 29.3 Å². The number of benzene rings is 1. The van der Waals surface area contributed by atoms with Crippen molar-refractivity contribution in [3.8, 4) is 6.07 Å². The Morgan fingerprint density at radius 3 is 3.07 bits per heavy atom. The highest BCUT2D eigenvalue weighted by molar-refractivity contribution is 5.61. The van der Waals surface area contributed by atoms with E-state index >= 15 is 0 Å². The second kappa shape index (κ2) is 4.33. The zero-order chi connectivity index (χ0) is 10.7. The summed E-state index contributed by atoms with van der Waals surface area (Å²) in [5.74, 6) is 0. The van der Waals surface area contributed by atoms with Crippen molar-refractivity contribution < 1.29 is 0 Å². The van der Waals surface area contributed by atoms with Crippen LogP contribution in [-0.4, -0.2) is 19.1 Å². The number of nitrogens with one attached hydrogen (secondary N) is 2. The fourth-order valence-electron chi connectivity index (χ4n) is 1.93. The molecule has 1 aromatic rings. The molecule has 0 amide bonds. The summed E-state index contributed by atoms with van der Waals surface area (Å²) in [5.41, 5.74) is 2.77. The van der Waals surface area contributed by atoms with Gasteiger partial charge in [-0.1, -0.05) is 12.1 Å². The Hall–Kier alpha value is -1.53. The molecule has 1 unspecified atom stereocenters. The molecule has 1 aromatic carbocycles. The predicted octanol–water partition coefficient (Wildman–Crippen LogP) is 1.64. The van der Waals surface area contributed by atoms with E-state index in [1.165, 1.54) is 0 Å². The zero-order valence-electron chi connectivity index (χ0n) is 8.88. The molecule has 1 aliphatic rings. The molecule has 1 atom stereocenters. The quantitative estimate of drug-likeness (QED) is 0.764. The third-order valence-corrected chi connectivity index (χ3v) is 2.80. The zero-order valence-corrected chi connectivity index (χ0v) is 8.88. The van der Waals surface area contributed by atoms with Gasteiger partial charge in [0, 0.05) is 12.6 Å². The van der Waals surface area contributed by atoms with Gasteiger partial charge < -0.3 is 10.6 Å². The van der Waals surface area contributed by atoms with Crippen LogP contribution in [0.25, 0.3) is 0 Å². The Balaban J connectivity index is 2.20. The van der Waals surface area contributed by atoms with Crippen molar-refractivity contribution in [1.82, 2.24) is 5.32 Å². The highest BCUT2D eigenvalue weighted by Crippen LogP contribution is 2.20. The van der Waals surface area contributed by atoms with Crippen molar-refractivity contribution in [1.29, 1.82) is 5.26 Å². The lowest BCUT2D eigenvalue weighted by molar-refractivity contribution is 0.793. The van der Waals surface area contributed by atoms with Gasteiger partial charge in [0.15, 0.2) is 0 Å². The molecule has 0 saturated carbocycles. The number of nitriles is 1. The maximum absolute atomic E-state index is 9.07.